The highest BCUT2D eigenvalue weighted by atomic mass is 32.1. The fraction of sp³-hybridized carbons (Fsp3) is 0.269. The highest BCUT2D eigenvalue weighted by Gasteiger charge is 2.42. The third-order valence-electron chi connectivity index (χ3n) is 6.53. The van der Waals surface area contributed by atoms with Gasteiger partial charge in [0.15, 0.2) is 5.11 Å². The van der Waals surface area contributed by atoms with Gasteiger partial charge < -0.3 is 20.3 Å². The number of carbonyl (C=O) groups excluding carboxylic acids is 1. The lowest BCUT2D eigenvalue weighted by molar-refractivity contribution is -0.119. The molecule has 0 bridgehead atoms. The van der Waals surface area contributed by atoms with Gasteiger partial charge in [0.2, 0.25) is 5.91 Å². The first-order valence-electron chi connectivity index (χ1n) is 11.8. The summed E-state index contributed by atoms with van der Waals surface area (Å²) in [5.41, 5.74) is 6.64. The Balaban J connectivity index is 1.60. The van der Waals surface area contributed by atoms with E-state index in [0.29, 0.717) is 5.11 Å². The maximum Gasteiger partial charge on any atom is 0.250 e. The van der Waals surface area contributed by atoms with Crippen LogP contribution < -0.4 is 15.5 Å². The van der Waals surface area contributed by atoms with Crippen molar-refractivity contribution >= 4 is 34.6 Å². The summed E-state index contributed by atoms with van der Waals surface area (Å²) in [6.45, 7) is 6.09. The topological polar surface area (TPSA) is 102 Å². The molecule has 2 N–H and O–H groups in total. The first-order chi connectivity index (χ1) is 17.9. The van der Waals surface area contributed by atoms with Crippen LogP contribution in [0.25, 0.3) is 0 Å². The van der Waals surface area contributed by atoms with Gasteiger partial charge in [0.25, 0.3) is 0 Å². The maximum atomic E-state index is 12.1. The number of amides is 1. The third-order valence-corrected chi connectivity index (χ3v) is 6.84. The highest BCUT2D eigenvalue weighted by Crippen LogP contribution is 2.43. The van der Waals surface area contributed by atoms with Crippen LogP contribution >= 0.6 is 12.2 Å². The molecular weight excluding hydrogens is 488 g/mol. The molecule has 0 spiro atoms. The largest absolute Gasteiger partial charge is 0.375 e. The van der Waals surface area contributed by atoms with E-state index in [1.807, 2.05) is 48.0 Å². The molecular formula is C26H28N8O2S. The van der Waals surface area contributed by atoms with Crippen molar-refractivity contribution in [3.05, 3.63) is 89.5 Å². The summed E-state index contributed by atoms with van der Waals surface area (Å²) in [5, 5.41) is 15.0. The van der Waals surface area contributed by atoms with Crippen LogP contribution in [-0.4, -0.2) is 49.3 Å². The molecule has 5 rings (SSSR count). The smallest absolute Gasteiger partial charge is 0.250 e. The second-order valence-electron chi connectivity index (χ2n) is 8.96. The monoisotopic (exact) mass is 516 g/mol. The van der Waals surface area contributed by atoms with Gasteiger partial charge in [-0.2, -0.15) is 0 Å². The Hall–Kier alpha value is -4.09. The van der Waals surface area contributed by atoms with Gasteiger partial charge in [-0.15, -0.1) is 10.2 Å². The van der Waals surface area contributed by atoms with Gasteiger partial charge >= 0.3 is 0 Å². The first-order valence-corrected chi connectivity index (χ1v) is 12.2. The van der Waals surface area contributed by atoms with Crippen molar-refractivity contribution in [3.8, 4) is 0 Å². The lowest BCUT2D eigenvalue weighted by Gasteiger charge is -2.28. The molecule has 11 heteroatoms. The van der Waals surface area contributed by atoms with E-state index in [-0.39, 0.29) is 24.6 Å². The lowest BCUT2D eigenvalue weighted by Crippen LogP contribution is -2.29. The molecule has 1 aromatic carbocycles. The van der Waals surface area contributed by atoms with Gasteiger partial charge in [0.1, 0.15) is 19.3 Å². The summed E-state index contributed by atoms with van der Waals surface area (Å²) in [6.07, 6.45) is 5.15. The molecule has 37 heavy (non-hydrogen) atoms. The fourth-order valence-electron chi connectivity index (χ4n) is 4.94. The third kappa shape index (κ3) is 4.58. The standard InChI is InChI=1S/C26H28N8O2S/c1-16-11-19(8-9-21(16)30-23(35)13-36-4)33-25(24(31-26(33)37)22-7-5-6-10-27-22)20-12-17(2)34(18(20)3)32-14-28-29-15-32/h5-12,14-15,24-25H,13H2,1-4H3,(H,30,35)(H,31,37)/t24-,25+/m1/s1. The van der Waals surface area contributed by atoms with Crippen LogP contribution in [0.4, 0.5) is 11.4 Å². The van der Waals surface area contributed by atoms with Crippen LogP contribution in [0.15, 0.2) is 61.3 Å². The number of aromatic nitrogens is 5. The zero-order valence-corrected chi connectivity index (χ0v) is 21.9. The number of carbonyl (C=O) groups is 1. The van der Waals surface area contributed by atoms with Crippen LogP contribution in [0.3, 0.4) is 0 Å². The Morgan fingerprint density at radius 3 is 2.59 bits per heavy atom. The van der Waals surface area contributed by atoms with Gasteiger partial charge in [0, 0.05) is 41.6 Å². The van der Waals surface area contributed by atoms with Crippen molar-refractivity contribution in [2.75, 3.05) is 23.9 Å². The molecule has 10 nitrogen and oxygen atoms in total. The number of methoxy groups -OCH3 is 1. The zero-order valence-electron chi connectivity index (χ0n) is 21.0. The molecule has 190 valence electrons. The number of nitrogens with one attached hydrogen (secondary N) is 2. The molecule has 1 aliphatic rings. The number of hydrogen-bond donors (Lipinski definition) is 2. The van der Waals surface area contributed by atoms with Crippen molar-refractivity contribution in [3.63, 3.8) is 0 Å². The van der Waals surface area contributed by atoms with Crippen molar-refractivity contribution in [1.29, 1.82) is 0 Å². The van der Waals surface area contributed by atoms with Crippen LogP contribution in [-0.2, 0) is 9.53 Å². The van der Waals surface area contributed by atoms with E-state index in [1.54, 1.807) is 18.9 Å². The fourth-order valence-corrected chi connectivity index (χ4v) is 5.28. The van der Waals surface area contributed by atoms with Crippen molar-refractivity contribution in [2.24, 2.45) is 0 Å². The van der Waals surface area contributed by atoms with Crippen LogP contribution in [0, 0.1) is 20.8 Å². The molecule has 2 atom stereocenters. The molecule has 1 amide bonds. The Morgan fingerprint density at radius 1 is 1.14 bits per heavy atom. The van der Waals surface area contributed by atoms with Gasteiger partial charge in [-0.3, -0.25) is 14.5 Å². The minimum absolute atomic E-state index is 0.00277. The molecule has 0 saturated carbocycles. The van der Waals surface area contributed by atoms with E-state index >= 15 is 0 Å². The minimum atomic E-state index is -0.203. The number of rotatable bonds is 7. The second kappa shape index (κ2) is 10.1. The molecule has 0 radical (unpaired) electrons. The summed E-state index contributed by atoms with van der Waals surface area (Å²) in [4.78, 5) is 18.8. The highest BCUT2D eigenvalue weighted by molar-refractivity contribution is 7.80. The predicted octanol–water partition coefficient (Wildman–Crippen LogP) is 3.47. The molecule has 0 unspecified atom stereocenters. The Bertz CT molecular complexity index is 1430. The molecule has 3 aromatic heterocycles. The number of anilines is 2. The lowest BCUT2D eigenvalue weighted by atomic mass is 9.96. The summed E-state index contributed by atoms with van der Waals surface area (Å²) in [6, 6.07) is 13.6. The van der Waals surface area contributed by atoms with E-state index in [9.17, 15) is 4.79 Å². The SMILES string of the molecule is COCC(=O)Nc1ccc(N2C(=S)N[C@H](c3ccccn3)[C@@H]2c2cc(C)n(-n3cnnc3)c2C)cc1C. The number of aryl methyl sites for hydroxylation is 2. The normalized spacial score (nSPS) is 17.2. The predicted molar refractivity (Wildman–Crippen MR) is 144 cm³/mol. The van der Waals surface area contributed by atoms with Gasteiger partial charge in [-0.05, 0) is 75.0 Å². The van der Waals surface area contributed by atoms with Crippen LogP contribution in [0.2, 0.25) is 0 Å². The minimum Gasteiger partial charge on any atom is -0.375 e. The average molecular weight is 517 g/mol. The summed E-state index contributed by atoms with van der Waals surface area (Å²) < 4.78 is 8.87. The molecule has 0 aliphatic carbocycles. The quantitative estimate of drug-likeness (QED) is 0.360. The molecule has 1 fully saturated rings. The number of benzene rings is 1. The Kier molecular flexibility index (Phi) is 6.72. The van der Waals surface area contributed by atoms with Gasteiger partial charge in [0.05, 0.1) is 17.8 Å². The Labute approximate surface area is 220 Å². The Morgan fingerprint density at radius 2 is 1.92 bits per heavy atom. The van der Waals surface area contributed by atoms with E-state index in [1.165, 1.54) is 7.11 Å². The number of pyridine rings is 1. The summed E-state index contributed by atoms with van der Waals surface area (Å²) in [5.74, 6) is -0.203. The van der Waals surface area contributed by atoms with Crippen LogP contribution in [0.5, 0.6) is 0 Å². The average Bonchev–Trinajstić information content (AvgIpc) is 3.59. The number of hydrogen-bond acceptors (Lipinski definition) is 6. The molecule has 1 saturated heterocycles. The maximum absolute atomic E-state index is 12.1. The van der Waals surface area contributed by atoms with Gasteiger partial charge in [-0.1, -0.05) is 6.07 Å². The molecule has 4 heterocycles. The molecule has 1 aliphatic heterocycles. The van der Waals surface area contributed by atoms with E-state index < -0.39 is 0 Å². The van der Waals surface area contributed by atoms with E-state index in [4.69, 9.17) is 17.0 Å². The van der Waals surface area contributed by atoms with Crippen molar-refractivity contribution < 1.29 is 9.53 Å². The number of thiocarbonyl (C=S) groups is 1. The summed E-state index contributed by atoms with van der Waals surface area (Å²) in [7, 11) is 1.50. The van der Waals surface area contributed by atoms with E-state index in [0.717, 1.165) is 39.6 Å². The summed E-state index contributed by atoms with van der Waals surface area (Å²) >= 11 is 5.89. The van der Waals surface area contributed by atoms with Crippen LogP contribution in [0.1, 0.15) is 40.3 Å². The number of ether oxygens (including phenoxy) is 1. The van der Waals surface area contributed by atoms with Crippen molar-refractivity contribution in [1.82, 2.24) is 29.9 Å². The molecule has 4 aromatic rings. The number of nitrogens with zero attached hydrogens (tertiary/aromatic N) is 6. The van der Waals surface area contributed by atoms with E-state index in [2.05, 4.69) is 55.3 Å². The second-order valence-corrected chi connectivity index (χ2v) is 9.34. The van der Waals surface area contributed by atoms with Crippen molar-refractivity contribution in [2.45, 2.75) is 32.9 Å². The first kappa shape index (κ1) is 24.6. The zero-order chi connectivity index (χ0) is 26.1. The van der Waals surface area contributed by atoms with Gasteiger partial charge in [-0.25, -0.2) is 4.68 Å².